The van der Waals surface area contributed by atoms with Gasteiger partial charge in [-0.2, -0.15) is 0 Å². The summed E-state index contributed by atoms with van der Waals surface area (Å²) in [6.45, 7) is 0. The van der Waals surface area contributed by atoms with E-state index in [1.807, 2.05) is 0 Å². The number of carbonyl (C=O) groups excluding carboxylic acids is 3. The minimum atomic E-state index is -4.85. The zero-order valence-electron chi connectivity index (χ0n) is 21.5. The van der Waals surface area contributed by atoms with E-state index in [0.29, 0.717) is 22.4 Å². The molecule has 2 atom stereocenters. The Morgan fingerprint density at radius 3 is 2.39 bits per heavy atom. The number of carboxylic acid groups (broad SMARTS) is 1. The van der Waals surface area contributed by atoms with Crippen molar-refractivity contribution >= 4 is 23.7 Å². The van der Waals surface area contributed by atoms with E-state index >= 15 is 0 Å². The quantitative estimate of drug-likeness (QED) is 0.317. The molecular weight excluding hydrogens is 522 g/mol. The van der Waals surface area contributed by atoms with Crippen molar-refractivity contribution in [1.82, 2.24) is 15.5 Å². The van der Waals surface area contributed by atoms with Crippen LogP contribution >= 0.6 is 0 Å². The summed E-state index contributed by atoms with van der Waals surface area (Å²) < 4.78 is 46.6. The van der Waals surface area contributed by atoms with Gasteiger partial charge in [0.05, 0.1) is 19.6 Å². The number of amides is 3. The summed E-state index contributed by atoms with van der Waals surface area (Å²) in [6.07, 6.45) is -3.02. The van der Waals surface area contributed by atoms with Gasteiger partial charge in [-0.25, -0.2) is 4.79 Å². The number of rotatable bonds is 8. The van der Waals surface area contributed by atoms with Crippen molar-refractivity contribution in [2.24, 2.45) is 0 Å². The van der Waals surface area contributed by atoms with Gasteiger partial charge in [0.25, 0.3) is 5.91 Å². The second-order valence-electron chi connectivity index (χ2n) is 7.90. The van der Waals surface area contributed by atoms with Gasteiger partial charge in [-0.05, 0) is 35.4 Å². The van der Waals surface area contributed by atoms with E-state index in [4.69, 9.17) is 4.74 Å². The maximum atomic E-state index is 12.6. The minimum absolute atomic E-state index is 0. The molecule has 0 radical (unpaired) electrons. The Kier molecular flexibility index (Phi) is 10.3. The first-order chi connectivity index (χ1) is 17.4. The van der Waals surface area contributed by atoms with Gasteiger partial charge < -0.3 is 31.5 Å². The molecule has 38 heavy (non-hydrogen) atoms. The van der Waals surface area contributed by atoms with Crippen LogP contribution in [-0.2, 0) is 14.4 Å². The van der Waals surface area contributed by atoms with Gasteiger partial charge in [0, 0.05) is 24.9 Å². The average molecular weight is 545 g/mol. The van der Waals surface area contributed by atoms with Crippen LogP contribution in [0.1, 0.15) is 19.5 Å². The molecule has 2 aromatic carbocycles. The third-order valence-electron chi connectivity index (χ3n) is 5.33. The van der Waals surface area contributed by atoms with Gasteiger partial charge >= 0.3 is 47.9 Å². The third-order valence-corrected chi connectivity index (χ3v) is 5.33. The molecule has 3 rings (SSSR count). The molecule has 10 nitrogen and oxygen atoms in total. The number of nitrogens with one attached hydrogen (secondary N) is 2. The first-order valence-electron chi connectivity index (χ1n) is 10.7. The maximum Gasteiger partial charge on any atom is 1.00 e. The van der Waals surface area contributed by atoms with Crippen molar-refractivity contribution in [3.8, 4) is 22.6 Å². The summed E-state index contributed by atoms with van der Waals surface area (Å²) in [5.41, 5.74) is 1.16. The largest absolute Gasteiger partial charge is 1.00 e. The van der Waals surface area contributed by atoms with Crippen LogP contribution in [0.15, 0.2) is 54.7 Å². The Labute approximate surface area is 238 Å². The first-order valence-corrected chi connectivity index (χ1v) is 10.7. The number of methoxy groups -OCH3 is 1. The Morgan fingerprint density at radius 2 is 1.82 bits per heavy atom. The van der Waals surface area contributed by atoms with Crippen LogP contribution in [0.25, 0.3) is 11.1 Å². The molecule has 0 fully saturated rings. The standard InChI is InChI=1S/C24H22F3N3O7.Na.H/c1-30-10-9-18(31)21(22(30)34)29-23(35)28-17(12-20(32)33)14-5-8-19(36-2)16(11-14)13-3-6-15(7-4-13)37-24(25,26)27;;/h3-11,17,21H,12H2,1-2H3,(H,32,33)(H2,28,29,35);;/q;+1;-1/t17-,21?;;/m0../s1. The number of likely N-dealkylation sites (N-methyl/N-ethyl adjacent to an activating group) is 1. The average Bonchev–Trinajstić information content (AvgIpc) is 2.82. The smallest absolute Gasteiger partial charge is 1.00 e. The predicted octanol–water partition coefficient (Wildman–Crippen LogP) is 0.116. The van der Waals surface area contributed by atoms with Crippen LogP contribution in [0.3, 0.4) is 0 Å². The van der Waals surface area contributed by atoms with E-state index in [2.05, 4.69) is 15.4 Å². The topological polar surface area (TPSA) is 134 Å². The number of halogens is 3. The molecule has 3 amide bonds. The van der Waals surface area contributed by atoms with Gasteiger partial charge in [-0.3, -0.25) is 14.4 Å². The summed E-state index contributed by atoms with van der Waals surface area (Å²) in [4.78, 5) is 49.5. The molecule has 0 saturated carbocycles. The van der Waals surface area contributed by atoms with E-state index in [1.54, 1.807) is 0 Å². The fraction of sp³-hybridized carbons (Fsp3) is 0.250. The summed E-state index contributed by atoms with van der Waals surface area (Å²) in [5, 5.41) is 14.1. The molecule has 1 unspecified atom stereocenters. The fourth-order valence-corrected chi connectivity index (χ4v) is 3.58. The zero-order valence-corrected chi connectivity index (χ0v) is 22.5. The van der Waals surface area contributed by atoms with Crippen molar-refractivity contribution < 1.29 is 77.9 Å². The van der Waals surface area contributed by atoms with Crippen LogP contribution in [0.5, 0.6) is 11.5 Å². The first kappa shape index (κ1) is 30.7. The molecule has 0 bridgehead atoms. The molecule has 3 N–H and O–H groups in total. The molecule has 14 heteroatoms. The second kappa shape index (κ2) is 12.8. The van der Waals surface area contributed by atoms with E-state index in [0.717, 1.165) is 23.1 Å². The number of hydrogen-bond acceptors (Lipinski definition) is 6. The molecule has 0 saturated heterocycles. The van der Waals surface area contributed by atoms with Crippen molar-refractivity contribution in [2.45, 2.75) is 24.9 Å². The third kappa shape index (κ3) is 7.97. The Balaban J connectivity index is 0.00000380. The SMILES string of the molecule is COc1ccc([C@H](CC(=O)O)NC(=O)NC2C(=O)C=CN(C)C2=O)cc1-c1ccc(OC(F)(F)F)cc1.[H-].[Na+]. The van der Waals surface area contributed by atoms with Crippen molar-refractivity contribution in [2.75, 3.05) is 14.2 Å². The zero-order chi connectivity index (χ0) is 27.3. The van der Waals surface area contributed by atoms with Crippen molar-refractivity contribution in [1.29, 1.82) is 0 Å². The number of carbonyl (C=O) groups is 4. The number of benzene rings is 2. The van der Waals surface area contributed by atoms with Crippen molar-refractivity contribution in [3.63, 3.8) is 0 Å². The summed E-state index contributed by atoms with van der Waals surface area (Å²) in [5.74, 6) is -2.65. The van der Waals surface area contributed by atoms with Gasteiger partial charge in [0.2, 0.25) is 0 Å². The molecule has 0 spiro atoms. The number of urea groups is 1. The van der Waals surface area contributed by atoms with Crippen molar-refractivity contribution in [3.05, 3.63) is 60.3 Å². The van der Waals surface area contributed by atoms with E-state index in [9.17, 15) is 37.5 Å². The molecule has 1 aliphatic heterocycles. The normalized spacial score (nSPS) is 15.8. The summed E-state index contributed by atoms with van der Waals surface area (Å²) in [7, 11) is 2.79. The second-order valence-corrected chi connectivity index (χ2v) is 7.90. The van der Waals surface area contributed by atoms with Crippen LogP contribution < -0.4 is 49.7 Å². The Bertz CT molecular complexity index is 1240. The molecule has 0 aromatic heterocycles. The van der Waals surface area contributed by atoms with Gasteiger partial charge in [-0.1, -0.05) is 18.2 Å². The molecule has 1 heterocycles. The maximum absolute atomic E-state index is 12.6. The summed E-state index contributed by atoms with van der Waals surface area (Å²) in [6, 6.07) is 5.95. The Morgan fingerprint density at radius 1 is 1.16 bits per heavy atom. The number of carboxylic acids is 1. The molecule has 2 aromatic rings. The van der Waals surface area contributed by atoms with E-state index in [-0.39, 0.29) is 31.0 Å². The van der Waals surface area contributed by atoms with Gasteiger partial charge in [0.15, 0.2) is 11.8 Å². The van der Waals surface area contributed by atoms with Gasteiger partial charge in [-0.15, -0.1) is 13.2 Å². The van der Waals surface area contributed by atoms with Crippen LogP contribution in [0.4, 0.5) is 18.0 Å². The van der Waals surface area contributed by atoms with Crippen LogP contribution in [-0.4, -0.2) is 60.3 Å². The number of hydrogen-bond donors (Lipinski definition) is 3. The van der Waals surface area contributed by atoms with Crippen LogP contribution in [0.2, 0.25) is 0 Å². The van der Waals surface area contributed by atoms with E-state index < -0.39 is 54.3 Å². The number of alkyl halides is 3. The Hall–Kier alpha value is -3.55. The molecule has 0 aliphatic carbocycles. The fourth-order valence-electron chi connectivity index (χ4n) is 3.58. The van der Waals surface area contributed by atoms with E-state index in [1.165, 1.54) is 50.7 Å². The number of ether oxygens (including phenoxy) is 2. The predicted molar refractivity (Wildman–Crippen MR) is 124 cm³/mol. The number of aliphatic carboxylic acids is 1. The number of nitrogens with zero attached hydrogens (tertiary/aromatic N) is 1. The number of ketones is 1. The van der Waals surface area contributed by atoms with Crippen LogP contribution in [0, 0.1) is 0 Å². The minimum Gasteiger partial charge on any atom is -1.00 e. The van der Waals surface area contributed by atoms with Gasteiger partial charge in [0.1, 0.15) is 11.5 Å². The molecule has 198 valence electrons. The molecular formula is C24H23F3N3NaO7. The summed E-state index contributed by atoms with van der Waals surface area (Å²) >= 11 is 0. The monoisotopic (exact) mass is 545 g/mol. The molecule has 1 aliphatic rings.